The quantitative estimate of drug-likeness (QED) is 0.814. The number of nitrogens with zero attached hydrogens (tertiary/aromatic N) is 1. The van der Waals surface area contributed by atoms with E-state index in [-0.39, 0.29) is 11.7 Å². The Morgan fingerprint density at radius 1 is 1.13 bits per heavy atom. The molecule has 23 heavy (non-hydrogen) atoms. The molecule has 0 saturated heterocycles. The summed E-state index contributed by atoms with van der Waals surface area (Å²) in [7, 11) is 0. The van der Waals surface area contributed by atoms with Crippen LogP contribution in [0.2, 0.25) is 0 Å². The lowest BCUT2D eigenvalue weighted by Gasteiger charge is -2.39. The summed E-state index contributed by atoms with van der Waals surface area (Å²) < 4.78 is 5.83. The van der Waals surface area contributed by atoms with Crippen LogP contribution < -0.4 is 9.64 Å². The minimum Gasteiger partial charge on any atom is -0.476 e. The molecule has 0 fully saturated rings. The van der Waals surface area contributed by atoms with Crippen LogP contribution in [0.4, 0.5) is 5.69 Å². The molecule has 0 aliphatic carbocycles. The SMILES string of the molecule is CC(=O)c1ccc2c(c1)N(Cc1ccccc1)C(=O)C(C)(C)O2. The number of carbonyl (C=O) groups is 2. The van der Waals surface area contributed by atoms with Crippen LogP contribution in [0.25, 0.3) is 0 Å². The number of carbonyl (C=O) groups excluding carboxylic acids is 2. The summed E-state index contributed by atoms with van der Waals surface area (Å²) in [6.45, 7) is 5.48. The molecule has 0 spiro atoms. The molecular formula is C19H19NO3. The fourth-order valence-corrected chi connectivity index (χ4v) is 2.71. The van der Waals surface area contributed by atoms with Crippen molar-refractivity contribution in [3.63, 3.8) is 0 Å². The van der Waals surface area contributed by atoms with Gasteiger partial charge in [0.1, 0.15) is 5.75 Å². The standard InChI is InChI=1S/C19H19NO3/c1-13(21)15-9-10-17-16(11-15)20(18(22)19(2,3)23-17)12-14-7-5-4-6-8-14/h4-11H,12H2,1-3H3. The lowest BCUT2D eigenvalue weighted by atomic mass is 10.0. The van der Waals surface area contributed by atoms with Crippen molar-refractivity contribution < 1.29 is 14.3 Å². The molecule has 4 heteroatoms. The van der Waals surface area contributed by atoms with Gasteiger partial charge < -0.3 is 9.64 Å². The molecular weight excluding hydrogens is 290 g/mol. The predicted molar refractivity (Wildman–Crippen MR) is 88.8 cm³/mol. The number of hydrogen-bond acceptors (Lipinski definition) is 3. The second-order valence-corrected chi connectivity index (χ2v) is 6.23. The van der Waals surface area contributed by atoms with Gasteiger partial charge in [-0.05, 0) is 44.5 Å². The Labute approximate surface area is 135 Å². The monoisotopic (exact) mass is 309 g/mol. The number of rotatable bonds is 3. The summed E-state index contributed by atoms with van der Waals surface area (Å²) in [6, 6.07) is 15.0. The number of ether oxygens (including phenoxy) is 1. The smallest absolute Gasteiger partial charge is 0.271 e. The zero-order valence-electron chi connectivity index (χ0n) is 13.5. The summed E-state index contributed by atoms with van der Waals surface area (Å²) in [5.41, 5.74) is 1.31. The Balaban J connectivity index is 2.07. The minimum absolute atomic E-state index is 0.0373. The molecule has 0 radical (unpaired) electrons. The first-order valence-electron chi connectivity index (χ1n) is 7.58. The van der Waals surface area contributed by atoms with Crippen molar-refractivity contribution in [2.45, 2.75) is 32.9 Å². The second-order valence-electron chi connectivity index (χ2n) is 6.23. The summed E-state index contributed by atoms with van der Waals surface area (Å²) in [5.74, 6) is 0.467. The van der Waals surface area contributed by atoms with E-state index in [1.54, 1.807) is 36.9 Å². The Morgan fingerprint density at radius 2 is 1.83 bits per heavy atom. The topological polar surface area (TPSA) is 46.6 Å². The van der Waals surface area contributed by atoms with Crippen LogP contribution in [-0.2, 0) is 11.3 Å². The van der Waals surface area contributed by atoms with Gasteiger partial charge in [0.25, 0.3) is 5.91 Å². The van der Waals surface area contributed by atoms with Gasteiger partial charge in [-0.3, -0.25) is 9.59 Å². The molecule has 2 aromatic carbocycles. The molecule has 118 valence electrons. The Hall–Kier alpha value is -2.62. The van der Waals surface area contributed by atoms with Gasteiger partial charge in [0.05, 0.1) is 12.2 Å². The van der Waals surface area contributed by atoms with Crippen molar-refractivity contribution >= 4 is 17.4 Å². The Kier molecular flexibility index (Phi) is 3.68. The highest BCUT2D eigenvalue weighted by Crippen LogP contribution is 2.39. The van der Waals surface area contributed by atoms with Crippen LogP contribution in [-0.4, -0.2) is 17.3 Å². The third kappa shape index (κ3) is 2.84. The highest BCUT2D eigenvalue weighted by Gasteiger charge is 2.41. The molecule has 2 aromatic rings. The molecule has 4 nitrogen and oxygen atoms in total. The van der Waals surface area contributed by atoms with Gasteiger partial charge in [0, 0.05) is 5.56 Å². The molecule has 0 atom stereocenters. The third-order valence-corrected chi connectivity index (χ3v) is 3.97. The fraction of sp³-hybridized carbons (Fsp3) is 0.263. The first-order chi connectivity index (χ1) is 10.9. The normalized spacial score (nSPS) is 15.8. The van der Waals surface area contributed by atoms with E-state index < -0.39 is 5.60 Å². The minimum atomic E-state index is -0.931. The van der Waals surface area contributed by atoms with Crippen LogP contribution in [0.3, 0.4) is 0 Å². The number of hydrogen-bond donors (Lipinski definition) is 0. The predicted octanol–water partition coefficient (Wildman–Crippen LogP) is 3.59. The zero-order valence-corrected chi connectivity index (χ0v) is 13.5. The maximum Gasteiger partial charge on any atom is 0.271 e. The second kappa shape index (κ2) is 5.54. The molecule has 1 aliphatic heterocycles. The van der Waals surface area contributed by atoms with Crippen molar-refractivity contribution in [1.29, 1.82) is 0 Å². The van der Waals surface area contributed by atoms with Gasteiger partial charge in [-0.15, -0.1) is 0 Å². The fourth-order valence-electron chi connectivity index (χ4n) is 2.71. The molecule has 1 aliphatic rings. The van der Waals surface area contributed by atoms with E-state index in [4.69, 9.17) is 4.74 Å². The maximum absolute atomic E-state index is 12.8. The lowest BCUT2D eigenvalue weighted by Crippen LogP contribution is -2.52. The van der Waals surface area contributed by atoms with E-state index in [1.807, 2.05) is 30.3 Å². The van der Waals surface area contributed by atoms with Crippen LogP contribution in [0.1, 0.15) is 36.7 Å². The first kappa shape index (κ1) is 15.3. The van der Waals surface area contributed by atoms with Crippen molar-refractivity contribution in [3.05, 3.63) is 59.7 Å². The van der Waals surface area contributed by atoms with Crippen molar-refractivity contribution in [2.24, 2.45) is 0 Å². The number of fused-ring (bicyclic) bond motifs is 1. The van der Waals surface area contributed by atoms with Crippen molar-refractivity contribution in [1.82, 2.24) is 0 Å². The molecule has 1 amide bonds. The van der Waals surface area contributed by atoms with Crippen LogP contribution in [0.5, 0.6) is 5.75 Å². The van der Waals surface area contributed by atoms with Crippen LogP contribution in [0, 0.1) is 0 Å². The first-order valence-corrected chi connectivity index (χ1v) is 7.58. The van der Waals surface area contributed by atoms with Crippen LogP contribution >= 0.6 is 0 Å². The summed E-state index contributed by atoms with van der Waals surface area (Å²) in [4.78, 5) is 26.2. The average molecular weight is 309 g/mol. The number of Topliss-reactive ketones (excluding diaryl/α,β-unsaturated/α-hetero) is 1. The van der Waals surface area contributed by atoms with E-state index in [0.29, 0.717) is 23.5 Å². The van der Waals surface area contributed by atoms with E-state index in [2.05, 4.69) is 0 Å². The molecule has 0 bridgehead atoms. The van der Waals surface area contributed by atoms with Gasteiger partial charge in [-0.25, -0.2) is 0 Å². The molecule has 0 aromatic heterocycles. The third-order valence-electron chi connectivity index (χ3n) is 3.97. The summed E-state index contributed by atoms with van der Waals surface area (Å²) in [5, 5.41) is 0. The van der Waals surface area contributed by atoms with Crippen molar-refractivity contribution in [3.8, 4) is 5.75 Å². The molecule has 0 N–H and O–H groups in total. The summed E-state index contributed by atoms with van der Waals surface area (Å²) >= 11 is 0. The number of anilines is 1. The van der Waals surface area contributed by atoms with Gasteiger partial charge in [-0.2, -0.15) is 0 Å². The van der Waals surface area contributed by atoms with E-state index >= 15 is 0 Å². The van der Waals surface area contributed by atoms with E-state index in [9.17, 15) is 9.59 Å². The number of amides is 1. The highest BCUT2D eigenvalue weighted by molar-refractivity contribution is 6.04. The summed E-state index contributed by atoms with van der Waals surface area (Å²) in [6.07, 6.45) is 0. The lowest BCUT2D eigenvalue weighted by molar-refractivity contribution is -0.132. The van der Waals surface area contributed by atoms with Crippen molar-refractivity contribution in [2.75, 3.05) is 4.90 Å². The Morgan fingerprint density at radius 3 is 2.48 bits per heavy atom. The molecule has 3 rings (SSSR count). The average Bonchev–Trinajstić information content (AvgIpc) is 2.52. The van der Waals surface area contributed by atoms with E-state index in [1.165, 1.54) is 6.92 Å². The van der Waals surface area contributed by atoms with Crippen LogP contribution in [0.15, 0.2) is 48.5 Å². The molecule has 1 heterocycles. The zero-order chi connectivity index (χ0) is 16.6. The number of ketones is 1. The molecule has 0 unspecified atom stereocenters. The number of benzene rings is 2. The highest BCUT2D eigenvalue weighted by atomic mass is 16.5. The largest absolute Gasteiger partial charge is 0.476 e. The maximum atomic E-state index is 12.8. The van der Waals surface area contributed by atoms with Gasteiger partial charge in [0.2, 0.25) is 0 Å². The molecule has 0 saturated carbocycles. The van der Waals surface area contributed by atoms with Gasteiger partial charge >= 0.3 is 0 Å². The van der Waals surface area contributed by atoms with E-state index in [0.717, 1.165) is 5.56 Å². The Bertz CT molecular complexity index is 765. The van der Waals surface area contributed by atoms with Gasteiger partial charge in [0.15, 0.2) is 11.4 Å². The van der Waals surface area contributed by atoms with Gasteiger partial charge in [-0.1, -0.05) is 30.3 Å².